The summed E-state index contributed by atoms with van der Waals surface area (Å²) >= 11 is 0. The summed E-state index contributed by atoms with van der Waals surface area (Å²) in [5.41, 5.74) is 3.01. The molecule has 0 aromatic heterocycles. The maximum atomic E-state index is 11.6. The van der Waals surface area contributed by atoms with Crippen molar-refractivity contribution in [1.29, 1.82) is 0 Å². The molecule has 224 valence electrons. The Bertz CT molecular complexity index is 1420. The zero-order valence-electron chi connectivity index (χ0n) is 26.2. The number of rotatable bonds is 7. The van der Waals surface area contributed by atoms with Gasteiger partial charge in [-0.2, -0.15) is 0 Å². The highest BCUT2D eigenvalue weighted by atomic mass is 32.2. The normalized spacial score (nSPS) is 16.6. The minimum atomic E-state index is -3.34. The van der Waals surface area contributed by atoms with Crippen LogP contribution in [0.3, 0.4) is 0 Å². The van der Waals surface area contributed by atoms with Crippen LogP contribution in [0, 0.1) is 0 Å². The molecule has 0 saturated carbocycles. The van der Waals surface area contributed by atoms with Crippen molar-refractivity contribution in [2.45, 2.75) is 85.2 Å². The topological polar surface area (TPSA) is 89.5 Å². The van der Waals surface area contributed by atoms with E-state index in [1.807, 2.05) is 82.9 Å². The predicted octanol–water partition coefficient (Wildman–Crippen LogP) is 7.18. The number of nitrogens with one attached hydrogen (secondary N) is 1. The quantitative estimate of drug-likeness (QED) is 0.347. The van der Waals surface area contributed by atoms with Crippen molar-refractivity contribution < 1.29 is 22.6 Å². The Labute approximate surface area is 246 Å². The molecular weight excluding hydrogens is 538 g/mol. The number of benzene rings is 2. The van der Waals surface area contributed by atoms with Gasteiger partial charge in [0.15, 0.2) is 6.23 Å². The lowest BCUT2D eigenvalue weighted by molar-refractivity contribution is -0.0375. The largest absolute Gasteiger partial charge is 0.496 e. The Morgan fingerprint density at radius 3 is 2.07 bits per heavy atom. The van der Waals surface area contributed by atoms with E-state index in [1.165, 1.54) is 0 Å². The summed E-state index contributed by atoms with van der Waals surface area (Å²) in [4.78, 5) is 6.59. The fourth-order valence-electron chi connectivity index (χ4n) is 4.24. The van der Waals surface area contributed by atoms with Crippen molar-refractivity contribution in [2.75, 3.05) is 23.0 Å². The maximum Gasteiger partial charge on any atom is 0.299 e. The first-order valence-electron chi connectivity index (χ1n) is 13.6. The summed E-state index contributed by atoms with van der Waals surface area (Å²) in [6.07, 6.45) is 8.30. The average molecular weight is 584 g/mol. The fraction of sp³-hybridized carbons (Fsp3) is 0.469. The van der Waals surface area contributed by atoms with Crippen LogP contribution < -0.4 is 14.4 Å². The van der Waals surface area contributed by atoms with Gasteiger partial charge < -0.3 is 14.2 Å². The summed E-state index contributed by atoms with van der Waals surface area (Å²) in [7, 11) is -1.67. The highest BCUT2D eigenvalue weighted by Gasteiger charge is 2.34. The van der Waals surface area contributed by atoms with Crippen LogP contribution in [0.5, 0.6) is 5.75 Å². The first-order valence-corrected chi connectivity index (χ1v) is 15.5. The Morgan fingerprint density at radius 1 is 0.927 bits per heavy atom. The molecule has 9 heteroatoms. The molecule has 0 amide bonds. The number of aliphatic imine (C=N–C) groups is 1. The van der Waals surface area contributed by atoms with Crippen molar-refractivity contribution in [3.63, 3.8) is 0 Å². The second-order valence-corrected chi connectivity index (χ2v) is 14.9. The van der Waals surface area contributed by atoms with E-state index in [0.29, 0.717) is 11.7 Å². The van der Waals surface area contributed by atoms with E-state index >= 15 is 0 Å². The maximum absolute atomic E-state index is 11.6. The molecule has 1 unspecified atom stereocenters. The summed E-state index contributed by atoms with van der Waals surface area (Å²) in [6.45, 7) is 18.5. The van der Waals surface area contributed by atoms with Crippen molar-refractivity contribution in [1.82, 2.24) is 0 Å². The first kappa shape index (κ1) is 32.2. The first-order chi connectivity index (χ1) is 18.8. The number of methoxy groups -OCH3 is 1. The van der Waals surface area contributed by atoms with Crippen molar-refractivity contribution >= 4 is 39.6 Å². The van der Waals surface area contributed by atoms with Gasteiger partial charge in [-0.15, -0.1) is 0 Å². The molecule has 0 saturated heterocycles. The molecule has 0 bridgehead atoms. The zero-order valence-corrected chi connectivity index (χ0v) is 27.0. The van der Waals surface area contributed by atoms with Gasteiger partial charge in [-0.1, -0.05) is 45.1 Å². The van der Waals surface area contributed by atoms with Gasteiger partial charge in [-0.25, -0.2) is 13.4 Å². The van der Waals surface area contributed by atoms with Gasteiger partial charge in [0, 0.05) is 28.7 Å². The molecule has 0 fully saturated rings. The molecule has 41 heavy (non-hydrogen) atoms. The number of amidine groups is 1. The highest BCUT2D eigenvalue weighted by molar-refractivity contribution is 7.92. The van der Waals surface area contributed by atoms with Gasteiger partial charge in [0.25, 0.3) is 6.02 Å². The van der Waals surface area contributed by atoms with Gasteiger partial charge in [-0.05, 0) is 82.9 Å². The molecule has 8 nitrogen and oxygen atoms in total. The van der Waals surface area contributed by atoms with Gasteiger partial charge in [0.1, 0.15) is 11.4 Å². The minimum absolute atomic E-state index is 0.239. The van der Waals surface area contributed by atoms with E-state index in [-0.39, 0.29) is 5.41 Å². The molecule has 1 atom stereocenters. The zero-order chi connectivity index (χ0) is 30.8. The van der Waals surface area contributed by atoms with E-state index in [0.717, 1.165) is 34.4 Å². The number of sulfonamides is 1. The third kappa shape index (κ3) is 9.36. The van der Waals surface area contributed by atoms with Crippen LogP contribution in [0.1, 0.15) is 79.0 Å². The van der Waals surface area contributed by atoms with Crippen LogP contribution in [-0.4, -0.2) is 45.2 Å². The van der Waals surface area contributed by atoms with Crippen LogP contribution in [0.25, 0.3) is 12.2 Å². The molecule has 1 heterocycles. The van der Waals surface area contributed by atoms with E-state index in [4.69, 9.17) is 14.2 Å². The van der Waals surface area contributed by atoms with Crippen LogP contribution in [-0.2, 0) is 24.9 Å². The molecule has 1 N–H and O–H groups in total. The lowest BCUT2D eigenvalue weighted by Crippen LogP contribution is -2.48. The molecule has 1 aliphatic heterocycles. The highest BCUT2D eigenvalue weighted by Crippen LogP contribution is 2.40. The summed E-state index contributed by atoms with van der Waals surface area (Å²) in [5, 5.41) is 0. The third-order valence-corrected chi connectivity index (χ3v) is 6.44. The number of ether oxygens (including phenoxy) is 3. The standard InChI is InChI=1S/C32H45N3O5S/c1-30(2,3)26-21-25(35-27(39-31(4,5)6)18-19-33-29(35)40-32(7,8)9)20-23(28(26)38-10)15-12-22-13-16-24(17-14-22)34-41(11,36)37/h12-21,27,34H,1-11H3/b15-12+. The summed E-state index contributed by atoms with van der Waals surface area (Å²) in [6, 6.07) is 11.8. The van der Waals surface area contributed by atoms with E-state index < -0.39 is 27.5 Å². The molecule has 0 spiro atoms. The summed E-state index contributed by atoms with van der Waals surface area (Å²) < 4.78 is 44.4. The van der Waals surface area contributed by atoms with Gasteiger partial charge in [0.2, 0.25) is 10.0 Å². The van der Waals surface area contributed by atoms with Crippen molar-refractivity contribution in [3.8, 4) is 5.75 Å². The third-order valence-electron chi connectivity index (χ3n) is 5.83. The van der Waals surface area contributed by atoms with Crippen LogP contribution in [0.15, 0.2) is 53.7 Å². The number of hydrogen-bond acceptors (Lipinski definition) is 7. The molecule has 2 aromatic carbocycles. The fourth-order valence-corrected chi connectivity index (χ4v) is 4.81. The van der Waals surface area contributed by atoms with Crippen molar-refractivity contribution in [2.24, 2.45) is 4.99 Å². The molecule has 3 rings (SSSR count). The molecule has 0 aliphatic carbocycles. The van der Waals surface area contributed by atoms with Crippen molar-refractivity contribution in [3.05, 3.63) is 65.4 Å². The molecule has 0 radical (unpaired) electrons. The second-order valence-electron chi connectivity index (χ2n) is 13.2. The molecular formula is C32H45N3O5S. The molecule has 2 aromatic rings. The number of anilines is 2. The molecule has 1 aliphatic rings. The number of nitrogens with zero attached hydrogens (tertiary/aromatic N) is 2. The van der Waals surface area contributed by atoms with Crippen LogP contribution in [0.2, 0.25) is 0 Å². The summed E-state index contributed by atoms with van der Waals surface area (Å²) in [5.74, 6) is 0.768. The SMILES string of the molecule is COc1c(/C=C/c2ccc(NS(C)(=O)=O)cc2)cc(N2C(OC(C)(C)C)=NC=CC2OC(C)(C)C)cc1C(C)(C)C. The minimum Gasteiger partial charge on any atom is -0.496 e. The lowest BCUT2D eigenvalue weighted by Gasteiger charge is -2.39. The van der Waals surface area contributed by atoms with E-state index in [9.17, 15) is 8.42 Å². The average Bonchev–Trinajstić information content (AvgIpc) is 2.79. The lowest BCUT2D eigenvalue weighted by atomic mass is 9.84. The van der Waals surface area contributed by atoms with Gasteiger partial charge in [-0.3, -0.25) is 9.62 Å². The predicted molar refractivity (Wildman–Crippen MR) is 170 cm³/mol. The Hall–Kier alpha value is -3.30. The van der Waals surface area contributed by atoms with E-state index in [1.54, 1.807) is 25.4 Å². The van der Waals surface area contributed by atoms with E-state index in [2.05, 4.69) is 36.6 Å². The Balaban J connectivity index is 2.16. The van der Waals surface area contributed by atoms with Crippen LogP contribution in [0.4, 0.5) is 11.4 Å². The second kappa shape index (κ2) is 11.9. The smallest absolute Gasteiger partial charge is 0.299 e. The monoisotopic (exact) mass is 583 g/mol. The number of hydrogen-bond donors (Lipinski definition) is 1. The Kier molecular flexibility index (Phi) is 9.35. The van der Waals surface area contributed by atoms with Crippen LogP contribution >= 0.6 is 0 Å². The van der Waals surface area contributed by atoms with Gasteiger partial charge >= 0.3 is 0 Å². The van der Waals surface area contributed by atoms with Gasteiger partial charge in [0.05, 0.1) is 19.0 Å². The Morgan fingerprint density at radius 2 is 1.56 bits per heavy atom.